The summed E-state index contributed by atoms with van der Waals surface area (Å²) in [6.07, 6.45) is 1.89. The van der Waals surface area contributed by atoms with Gasteiger partial charge in [0, 0.05) is 6.42 Å². The summed E-state index contributed by atoms with van der Waals surface area (Å²) in [5.41, 5.74) is 0. The zero-order valence-electron chi connectivity index (χ0n) is 10.2. The molecule has 1 aromatic rings. The van der Waals surface area contributed by atoms with Crippen molar-refractivity contribution < 1.29 is 19.1 Å². The minimum absolute atomic E-state index is 0.113. The average Bonchev–Trinajstić information content (AvgIpc) is 2.78. The van der Waals surface area contributed by atoms with Gasteiger partial charge >= 0.3 is 0 Å². The number of ether oxygens (including phenoxy) is 1. The lowest BCUT2D eigenvalue weighted by Gasteiger charge is -2.14. The number of amides is 1. The van der Waals surface area contributed by atoms with Gasteiger partial charge in [-0.2, -0.15) is 0 Å². The lowest BCUT2D eigenvalue weighted by molar-refractivity contribution is -0.123. The maximum absolute atomic E-state index is 11.5. The van der Waals surface area contributed by atoms with Gasteiger partial charge in [0.05, 0.1) is 25.6 Å². The number of hydrogen-bond donors (Lipinski definition) is 2. The second-order valence-electron chi connectivity index (χ2n) is 3.99. The van der Waals surface area contributed by atoms with E-state index in [2.05, 4.69) is 5.32 Å². The SMILES string of the molecule is CC(C)OCCC(=O)NC(CO)c1ccco1. The van der Waals surface area contributed by atoms with Crippen LogP contribution >= 0.6 is 0 Å². The predicted molar refractivity (Wildman–Crippen MR) is 62.4 cm³/mol. The smallest absolute Gasteiger partial charge is 0.222 e. The number of carbonyl (C=O) groups excluding carboxylic acids is 1. The van der Waals surface area contributed by atoms with Crippen LogP contribution in [0.4, 0.5) is 0 Å². The van der Waals surface area contributed by atoms with E-state index < -0.39 is 6.04 Å². The van der Waals surface area contributed by atoms with Crippen molar-refractivity contribution in [3.05, 3.63) is 24.2 Å². The van der Waals surface area contributed by atoms with E-state index in [0.29, 0.717) is 12.4 Å². The summed E-state index contributed by atoms with van der Waals surface area (Å²) in [6, 6.07) is 2.94. The van der Waals surface area contributed by atoms with Crippen LogP contribution in [0.3, 0.4) is 0 Å². The lowest BCUT2D eigenvalue weighted by atomic mass is 10.2. The molecule has 1 aromatic heterocycles. The summed E-state index contributed by atoms with van der Waals surface area (Å²) in [5.74, 6) is 0.381. The fourth-order valence-corrected chi connectivity index (χ4v) is 1.35. The lowest BCUT2D eigenvalue weighted by Crippen LogP contribution is -2.31. The molecule has 0 aliphatic heterocycles. The number of aliphatic hydroxyl groups excluding tert-OH is 1. The van der Waals surface area contributed by atoms with Crippen LogP contribution < -0.4 is 5.32 Å². The zero-order valence-corrected chi connectivity index (χ0v) is 10.2. The molecule has 2 N–H and O–H groups in total. The highest BCUT2D eigenvalue weighted by atomic mass is 16.5. The molecule has 96 valence electrons. The third-order valence-electron chi connectivity index (χ3n) is 2.18. The Bertz CT molecular complexity index is 321. The molecule has 17 heavy (non-hydrogen) atoms. The number of rotatable bonds is 7. The molecule has 5 nitrogen and oxygen atoms in total. The van der Waals surface area contributed by atoms with E-state index in [0.717, 1.165) is 0 Å². The summed E-state index contributed by atoms with van der Waals surface area (Å²) < 4.78 is 10.4. The Morgan fingerprint density at radius 2 is 2.35 bits per heavy atom. The first kappa shape index (κ1) is 13.7. The molecule has 1 amide bonds. The van der Waals surface area contributed by atoms with Crippen molar-refractivity contribution in [2.75, 3.05) is 13.2 Å². The van der Waals surface area contributed by atoms with Crippen LogP contribution in [0.25, 0.3) is 0 Å². The maximum Gasteiger partial charge on any atom is 0.222 e. The molecule has 0 bridgehead atoms. The van der Waals surface area contributed by atoms with Gasteiger partial charge in [0.2, 0.25) is 5.91 Å². The van der Waals surface area contributed by atoms with Gasteiger partial charge in [-0.05, 0) is 26.0 Å². The van der Waals surface area contributed by atoms with Crippen LogP contribution in [-0.4, -0.2) is 30.3 Å². The highest BCUT2D eigenvalue weighted by Gasteiger charge is 2.15. The largest absolute Gasteiger partial charge is 0.467 e. The molecule has 1 atom stereocenters. The van der Waals surface area contributed by atoms with E-state index in [9.17, 15) is 4.79 Å². The van der Waals surface area contributed by atoms with E-state index in [1.54, 1.807) is 12.1 Å². The standard InChI is InChI=1S/C12H19NO4/c1-9(2)16-7-5-12(15)13-10(8-14)11-4-3-6-17-11/h3-4,6,9-10,14H,5,7-8H2,1-2H3,(H,13,15). The predicted octanol–water partition coefficient (Wildman–Crippen LogP) is 1.24. The van der Waals surface area contributed by atoms with Crippen LogP contribution in [0.15, 0.2) is 22.8 Å². The van der Waals surface area contributed by atoms with E-state index in [1.165, 1.54) is 6.26 Å². The van der Waals surface area contributed by atoms with Crippen molar-refractivity contribution in [2.24, 2.45) is 0 Å². The molecular formula is C12H19NO4. The Morgan fingerprint density at radius 1 is 1.59 bits per heavy atom. The Kier molecular flexibility index (Phi) is 5.72. The zero-order chi connectivity index (χ0) is 12.7. The van der Waals surface area contributed by atoms with E-state index in [4.69, 9.17) is 14.3 Å². The van der Waals surface area contributed by atoms with Gasteiger partial charge < -0.3 is 19.6 Å². The number of carbonyl (C=O) groups is 1. The second-order valence-corrected chi connectivity index (χ2v) is 3.99. The summed E-state index contributed by atoms with van der Waals surface area (Å²) >= 11 is 0. The molecule has 0 saturated heterocycles. The van der Waals surface area contributed by atoms with Gasteiger partial charge in [0.1, 0.15) is 11.8 Å². The fraction of sp³-hybridized carbons (Fsp3) is 0.583. The highest BCUT2D eigenvalue weighted by Crippen LogP contribution is 2.12. The molecule has 5 heteroatoms. The monoisotopic (exact) mass is 241 g/mol. The van der Waals surface area contributed by atoms with Gasteiger partial charge in [-0.3, -0.25) is 4.79 Å². The van der Waals surface area contributed by atoms with Gasteiger partial charge in [-0.15, -0.1) is 0 Å². The van der Waals surface area contributed by atoms with Crippen LogP contribution in [-0.2, 0) is 9.53 Å². The number of furan rings is 1. The highest BCUT2D eigenvalue weighted by molar-refractivity contribution is 5.76. The van der Waals surface area contributed by atoms with E-state index in [1.807, 2.05) is 13.8 Å². The summed E-state index contributed by atoms with van der Waals surface area (Å²) in [6.45, 7) is 4.01. The third-order valence-corrected chi connectivity index (χ3v) is 2.18. The molecule has 0 saturated carbocycles. The van der Waals surface area contributed by atoms with Crippen LogP contribution in [0, 0.1) is 0 Å². The Labute approximate surface area is 101 Å². The minimum atomic E-state index is -0.489. The topological polar surface area (TPSA) is 71.7 Å². The third kappa shape index (κ3) is 5.01. The molecule has 0 aromatic carbocycles. The Hall–Kier alpha value is -1.33. The molecule has 0 spiro atoms. The van der Waals surface area contributed by atoms with E-state index in [-0.39, 0.29) is 25.0 Å². The Balaban J connectivity index is 2.33. The first-order valence-electron chi connectivity index (χ1n) is 5.68. The maximum atomic E-state index is 11.5. The minimum Gasteiger partial charge on any atom is -0.467 e. The second kappa shape index (κ2) is 7.09. The molecule has 0 aliphatic rings. The molecule has 0 fully saturated rings. The summed E-state index contributed by atoms with van der Waals surface area (Å²) in [7, 11) is 0. The molecule has 0 aliphatic carbocycles. The number of hydrogen-bond acceptors (Lipinski definition) is 4. The molecule has 1 heterocycles. The van der Waals surface area contributed by atoms with Gasteiger partial charge in [-0.1, -0.05) is 0 Å². The van der Waals surface area contributed by atoms with Crippen LogP contribution in [0.5, 0.6) is 0 Å². The average molecular weight is 241 g/mol. The van der Waals surface area contributed by atoms with Gasteiger partial charge in [-0.25, -0.2) is 0 Å². The first-order chi connectivity index (χ1) is 8.13. The molecule has 0 radical (unpaired) electrons. The van der Waals surface area contributed by atoms with Crippen LogP contribution in [0.1, 0.15) is 32.1 Å². The first-order valence-corrected chi connectivity index (χ1v) is 5.68. The van der Waals surface area contributed by atoms with Crippen molar-refractivity contribution in [1.29, 1.82) is 0 Å². The summed E-state index contributed by atoms with van der Waals surface area (Å²) in [4.78, 5) is 11.5. The molecule has 1 unspecified atom stereocenters. The number of nitrogens with one attached hydrogen (secondary N) is 1. The van der Waals surface area contributed by atoms with Gasteiger partial charge in [0.15, 0.2) is 0 Å². The Morgan fingerprint density at radius 3 is 2.88 bits per heavy atom. The number of aliphatic hydroxyl groups is 1. The fourth-order valence-electron chi connectivity index (χ4n) is 1.35. The molecular weight excluding hydrogens is 222 g/mol. The van der Waals surface area contributed by atoms with Crippen molar-refractivity contribution in [3.63, 3.8) is 0 Å². The van der Waals surface area contributed by atoms with Gasteiger partial charge in [0.25, 0.3) is 0 Å². The van der Waals surface area contributed by atoms with Crippen molar-refractivity contribution in [1.82, 2.24) is 5.32 Å². The van der Waals surface area contributed by atoms with Crippen molar-refractivity contribution in [3.8, 4) is 0 Å². The van der Waals surface area contributed by atoms with E-state index >= 15 is 0 Å². The normalized spacial score (nSPS) is 12.7. The van der Waals surface area contributed by atoms with Crippen LogP contribution in [0.2, 0.25) is 0 Å². The van der Waals surface area contributed by atoms with Crippen molar-refractivity contribution >= 4 is 5.91 Å². The van der Waals surface area contributed by atoms with Crippen molar-refractivity contribution in [2.45, 2.75) is 32.4 Å². The quantitative estimate of drug-likeness (QED) is 0.753. The summed E-state index contributed by atoms with van der Waals surface area (Å²) in [5, 5.41) is 11.8. The molecule has 1 rings (SSSR count).